The van der Waals surface area contributed by atoms with Crippen LogP contribution in [0.2, 0.25) is 0 Å². The molecule has 418 valence electrons. The molecule has 3 atom stereocenters. The maximum Gasteiger partial charge on any atom is 0.472 e. The normalized spacial score (nSPS) is 14.4. The number of carbonyl (C=O) groups is 3. The first-order valence-corrected chi connectivity index (χ1v) is 29.6. The summed E-state index contributed by atoms with van der Waals surface area (Å²) in [6.07, 6.45) is 68.5. The van der Waals surface area contributed by atoms with Gasteiger partial charge in [-0.25, -0.2) is 4.57 Å². The molecule has 0 aliphatic heterocycles. The molecule has 74 heavy (non-hydrogen) atoms. The lowest BCUT2D eigenvalue weighted by Crippen LogP contribution is -2.30. The lowest BCUT2D eigenvalue weighted by Gasteiger charge is -2.21. The van der Waals surface area contributed by atoms with Crippen LogP contribution in [0.1, 0.15) is 201 Å². The van der Waals surface area contributed by atoms with Gasteiger partial charge in [-0.2, -0.15) is 0 Å². The molecule has 0 radical (unpaired) electrons. The van der Waals surface area contributed by atoms with Crippen molar-refractivity contribution in [2.45, 2.75) is 213 Å². The third-order valence-corrected chi connectivity index (χ3v) is 12.0. The summed E-state index contributed by atoms with van der Waals surface area (Å²) in [6.45, 7) is 4.18. The summed E-state index contributed by atoms with van der Waals surface area (Å²) in [7, 11) is -4.78. The van der Waals surface area contributed by atoms with Crippen molar-refractivity contribution in [3.8, 4) is 0 Å². The number of hydrogen-bond donors (Lipinski definition) is 2. The number of carbonyl (C=O) groups excluding carboxylic acids is 3. The third kappa shape index (κ3) is 52.5. The van der Waals surface area contributed by atoms with E-state index in [2.05, 4.69) is 154 Å². The highest BCUT2D eigenvalue weighted by molar-refractivity contribution is 7.47. The number of esters is 3. The van der Waals surface area contributed by atoms with Crippen LogP contribution < -0.4 is 0 Å². The van der Waals surface area contributed by atoms with Gasteiger partial charge in [-0.15, -0.1) is 0 Å². The topological polar surface area (TPSA) is 155 Å². The molecule has 3 unspecified atom stereocenters. The zero-order valence-electron chi connectivity index (χ0n) is 46.0. The summed E-state index contributed by atoms with van der Waals surface area (Å²) in [5, 5.41) is 9.80. The maximum atomic E-state index is 12.9. The second-order valence-corrected chi connectivity index (χ2v) is 19.4. The molecule has 0 aromatic heterocycles. The zero-order valence-corrected chi connectivity index (χ0v) is 46.9. The van der Waals surface area contributed by atoms with Crippen molar-refractivity contribution >= 4 is 25.7 Å². The molecule has 0 spiro atoms. The fourth-order valence-electron chi connectivity index (χ4n) is 6.88. The smallest absolute Gasteiger partial charge is 0.462 e. The number of phosphoric ester groups is 1. The minimum Gasteiger partial charge on any atom is -0.462 e. The predicted octanol–water partition coefficient (Wildman–Crippen LogP) is 16.6. The molecule has 0 saturated heterocycles. The van der Waals surface area contributed by atoms with Gasteiger partial charge in [0, 0.05) is 19.3 Å². The molecule has 0 rings (SSSR count). The van der Waals surface area contributed by atoms with E-state index in [9.17, 15) is 28.9 Å². The van der Waals surface area contributed by atoms with Crippen LogP contribution >= 0.6 is 7.82 Å². The molecule has 11 nitrogen and oxygen atoms in total. The molecule has 2 N–H and O–H groups in total. The molecule has 12 heteroatoms. The Labute approximate surface area is 449 Å². The molecule has 0 saturated carbocycles. The Morgan fingerprint density at radius 1 is 0.378 bits per heavy atom. The Bertz CT molecular complexity index is 1750. The van der Waals surface area contributed by atoms with Gasteiger partial charge < -0.3 is 24.2 Å². The zero-order chi connectivity index (χ0) is 54.1. The van der Waals surface area contributed by atoms with Crippen molar-refractivity contribution in [1.82, 2.24) is 0 Å². The highest BCUT2D eigenvalue weighted by Gasteiger charge is 2.28. The summed E-state index contributed by atoms with van der Waals surface area (Å²) in [5.41, 5.74) is 0. The number of rotatable bonds is 50. The number of aliphatic hydroxyl groups is 1. The summed E-state index contributed by atoms with van der Waals surface area (Å²) in [5.74, 6) is -1.58. The van der Waals surface area contributed by atoms with Crippen LogP contribution in [0.4, 0.5) is 0 Å². The van der Waals surface area contributed by atoms with Crippen molar-refractivity contribution in [2.24, 2.45) is 0 Å². The summed E-state index contributed by atoms with van der Waals surface area (Å²) < 4.78 is 39.4. The fraction of sp³-hybridized carbons (Fsp3) is 0.597. The summed E-state index contributed by atoms with van der Waals surface area (Å²) in [4.78, 5) is 48.5. The first kappa shape index (κ1) is 69.6. The van der Waals surface area contributed by atoms with Crippen LogP contribution in [-0.2, 0) is 42.2 Å². The number of ether oxygens (including phenoxy) is 3. The van der Waals surface area contributed by atoms with Gasteiger partial charge in [-0.3, -0.25) is 23.4 Å². The van der Waals surface area contributed by atoms with E-state index in [-0.39, 0.29) is 25.9 Å². The predicted molar refractivity (Wildman–Crippen MR) is 306 cm³/mol. The van der Waals surface area contributed by atoms with Crippen LogP contribution in [0.15, 0.2) is 134 Å². The minimum absolute atomic E-state index is 0.115. The van der Waals surface area contributed by atoms with Gasteiger partial charge in [0.2, 0.25) is 0 Å². The second kappa shape index (κ2) is 54.9. The standard InChI is InChI=1S/C62H99O11P/c1-4-7-10-13-16-19-22-25-27-28-29-30-32-35-38-41-44-47-50-53-62(66)73-59(55-69-60(64)51-48-45-42-39-36-33-24-21-18-15-12-9-6-3)57-71-74(67,68)70-56-58(54-63)72-61(65)52-49-46-43-40-37-34-31-26-23-20-17-14-11-8-5-2/h7-12,16-21,25-27,29-31,33,36-37,40,58-59,63H,4-6,13-15,22-24,28,32,34-35,38-39,41-57H2,1-3H3,(H,67,68)/b10-7-,11-8-,12-9-,19-16-,20-17-,21-18-,27-25-,30-29-,31-26-,36-33-,40-37-. The maximum absolute atomic E-state index is 12.9. The second-order valence-electron chi connectivity index (χ2n) is 18.0. The van der Waals surface area contributed by atoms with E-state index >= 15 is 0 Å². The number of phosphoric acid groups is 1. The third-order valence-electron chi connectivity index (χ3n) is 11.1. The van der Waals surface area contributed by atoms with Crippen molar-refractivity contribution in [2.75, 3.05) is 26.4 Å². The lowest BCUT2D eigenvalue weighted by molar-refractivity contribution is -0.161. The van der Waals surface area contributed by atoms with Crippen LogP contribution in [-0.4, -0.2) is 66.5 Å². The monoisotopic (exact) mass is 1050 g/mol. The van der Waals surface area contributed by atoms with Crippen LogP contribution in [0.3, 0.4) is 0 Å². The summed E-state index contributed by atoms with van der Waals surface area (Å²) >= 11 is 0. The Kier molecular flexibility index (Phi) is 51.6. The molecule has 0 aromatic rings. The molecule has 0 bridgehead atoms. The molecular formula is C62H99O11P. The molecule has 0 fully saturated rings. The number of allylic oxidation sites excluding steroid dienone is 22. The van der Waals surface area contributed by atoms with E-state index in [0.717, 1.165) is 141 Å². The summed E-state index contributed by atoms with van der Waals surface area (Å²) in [6, 6.07) is 0. The first-order valence-electron chi connectivity index (χ1n) is 28.1. The Hall–Kier alpha value is -4.38. The van der Waals surface area contributed by atoms with E-state index in [0.29, 0.717) is 19.3 Å². The average Bonchev–Trinajstić information content (AvgIpc) is 3.39. The van der Waals surface area contributed by atoms with Crippen molar-refractivity contribution < 1.29 is 52.2 Å². The molecule has 0 aromatic carbocycles. The number of unbranched alkanes of at least 4 members (excludes halogenated alkanes) is 11. The molecule has 0 aliphatic rings. The van der Waals surface area contributed by atoms with Crippen molar-refractivity contribution in [3.63, 3.8) is 0 Å². The van der Waals surface area contributed by atoms with Gasteiger partial charge in [-0.1, -0.05) is 187 Å². The lowest BCUT2D eigenvalue weighted by atomic mass is 10.1. The van der Waals surface area contributed by atoms with E-state index in [1.807, 2.05) is 0 Å². The van der Waals surface area contributed by atoms with Crippen LogP contribution in [0, 0.1) is 0 Å². The van der Waals surface area contributed by atoms with E-state index in [4.69, 9.17) is 23.3 Å². The van der Waals surface area contributed by atoms with Gasteiger partial charge in [0.1, 0.15) is 12.7 Å². The SMILES string of the molecule is CC/C=C\C/C=C\C/C=C\C/C=C\CCCCCCCCC(=O)OC(COC(=O)CCCCC/C=C\C/C=C\C/C=C\CC)COP(=O)(O)OCC(CO)OC(=O)CCCC/C=C\C/C=C\C/C=C\C/C=C\CC. The average molecular weight is 1050 g/mol. The molecule has 0 aliphatic carbocycles. The number of hydrogen-bond acceptors (Lipinski definition) is 10. The van der Waals surface area contributed by atoms with Crippen LogP contribution in [0.25, 0.3) is 0 Å². The molecule has 0 heterocycles. The van der Waals surface area contributed by atoms with Gasteiger partial charge >= 0.3 is 25.7 Å². The molecular weight excluding hydrogens is 952 g/mol. The Morgan fingerprint density at radius 2 is 0.662 bits per heavy atom. The largest absolute Gasteiger partial charge is 0.472 e. The van der Waals surface area contributed by atoms with Gasteiger partial charge in [0.05, 0.1) is 19.8 Å². The quantitative estimate of drug-likeness (QED) is 0.0197. The van der Waals surface area contributed by atoms with Crippen molar-refractivity contribution in [3.05, 3.63) is 134 Å². The van der Waals surface area contributed by atoms with Gasteiger partial charge in [0.15, 0.2) is 6.10 Å². The Morgan fingerprint density at radius 3 is 1.05 bits per heavy atom. The van der Waals surface area contributed by atoms with E-state index in [1.54, 1.807) is 0 Å². The number of aliphatic hydroxyl groups excluding tert-OH is 1. The highest BCUT2D eigenvalue weighted by atomic mass is 31.2. The Balaban J connectivity index is 4.84. The van der Waals surface area contributed by atoms with Gasteiger partial charge in [0.25, 0.3) is 0 Å². The van der Waals surface area contributed by atoms with Gasteiger partial charge in [-0.05, 0) is 128 Å². The van der Waals surface area contributed by atoms with E-state index in [1.165, 1.54) is 0 Å². The fourth-order valence-corrected chi connectivity index (χ4v) is 7.66. The van der Waals surface area contributed by atoms with Crippen molar-refractivity contribution in [1.29, 1.82) is 0 Å². The highest BCUT2D eigenvalue weighted by Crippen LogP contribution is 2.43. The minimum atomic E-state index is -4.78. The van der Waals surface area contributed by atoms with Crippen LogP contribution in [0.5, 0.6) is 0 Å². The first-order chi connectivity index (χ1) is 36.2. The van der Waals surface area contributed by atoms with E-state index < -0.39 is 57.8 Å². The molecule has 0 amide bonds.